The lowest BCUT2D eigenvalue weighted by molar-refractivity contribution is 0.115. The molecule has 1 fully saturated rings. The van der Waals surface area contributed by atoms with Gasteiger partial charge in [-0.3, -0.25) is 14.7 Å². The summed E-state index contributed by atoms with van der Waals surface area (Å²) in [5, 5.41) is 2.79. The molecule has 0 bridgehead atoms. The SMILES string of the molecule is CCC[C@H](C)OC(=O)Nc1ccc(-c2nc(N3CCOCC3)n3ccnc(C)c23)cc1OC. The van der Waals surface area contributed by atoms with E-state index in [0.717, 1.165) is 54.3 Å². The summed E-state index contributed by atoms with van der Waals surface area (Å²) >= 11 is 0. The summed E-state index contributed by atoms with van der Waals surface area (Å²) < 4.78 is 18.6. The average molecular weight is 454 g/mol. The van der Waals surface area contributed by atoms with Crippen molar-refractivity contribution < 1.29 is 19.0 Å². The van der Waals surface area contributed by atoms with E-state index in [2.05, 4.69) is 26.5 Å². The summed E-state index contributed by atoms with van der Waals surface area (Å²) in [6.07, 6.45) is 4.85. The maximum Gasteiger partial charge on any atom is 0.412 e. The summed E-state index contributed by atoms with van der Waals surface area (Å²) in [5.41, 5.74) is 4.05. The van der Waals surface area contributed by atoms with Gasteiger partial charge in [-0.05, 0) is 32.4 Å². The number of nitrogens with zero attached hydrogens (tertiary/aromatic N) is 4. The van der Waals surface area contributed by atoms with Crippen LogP contribution >= 0.6 is 0 Å². The first-order valence-corrected chi connectivity index (χ1v) is 11.3. The van der Waals surface area contributed by atoms with Crippen molar-refractivity contribution in [3.05, 3.63) is 36.3 Å². The summed E-state index contributed by atoms with van der Waals surface area (Å²) in [5.74, 6) is 1.40. The van der Waals surface area contributed by atoms with Crippen molar-refractivity contribution in [1.29, 1.82) is 0 Å². The van der Waals surface area contributed by atoms with Gasteiger partial charge in [0.05, 0.1) is 37.2 Å². The minimum atomic E-state index is -0.496. The van der Waals surface area contributed by atoms with Gasteiger partial charge in [-0.25, -0.2) is 9.78 Å². The van der Waals surface area contributed by atoms with Crippen molar-refractivity contribution in [2.75, 3.05) is 43.6 Å². The minimum Gasteiger partial charge on any atom is -0.495 e. The van der Waals surface area contributed by atoms with Crippen molar-refractivity contribution in [2.24, 2.45) is 0 Å². The van der Waals surface area contributed by atoms with Gasteiger partial charge in [-0.2, -0.15) is 0 Å². The third kappa shape index (κ3) is 4.88. The van der Waals surface area contributed by atoms with E-state index in [0.29, 0.717) is 24.7 Å². The predicted molar refractivity (Wildman–Crippen MR) is 127 cm³/mol. The summed E-state index contributed by atoms with van der Waals surface area (Å²) in [6.45, 7) is 8.83. The number of morpholine rings is 1. The van der Waals surface area contributed by atoms with Gasteiger partial charge in [0.25, 0.3) is 0 Å². The topological polar surface area (TPSA) is 90.2 Å². The lowest BCUT2D eigenvalue weighted by atomic mass is 10.1. The number of methoxy groups -OCH3 is 1. The number of hydrogen-bond donors (Lipinski definition) is 1. The van der Waals surface area contributed by atoms with E-state index in [9.17, 15) is 4.79 Å². The smallest absolute Gasteiger partial charge is 0.412 e. The molecule has 3 heterocycles. The molecule has 2 aromatic heterocycles. The molecule has 1 aromatic carbocycles. The number of fused-ring (bicyclic) bond motifs is 1. The number of imidazole rings is 1. The fourth-order valence-corrected chi connectivity index (χ4v) is 4.10. The second-order valence-electron chi connectivity index (χ2n) is 8.14. The molecule has 3 aromatic rings. The Morgan fingerprint density at radius 2 is 2.09 bits per heavy atom. The number of ether oxygens (including phenoxy) is 3. The number of aromatic nitrogens is 3. The first kappa shape index (κ1) is 22.8. The molecule has 4 rings (SSSR count). The third-order valence-electron chi connectivity index (χ3n) is 5.73. The Morgan fingerprint density at radius 3 is 2.82 bits per heavy atom. The largest absolute Gasteiger partial charge is 0.495 e. The Bertz CT molecular complexity index is 1120. The molecular weight excluding hydrogens is 422 g/mol. The van der Waals surface area contributed by atoms with Crippen LogP contribution in [-0.4, -0.2) is 60.0 Å². The van der Waals surface area contributed by atoms with Crippen LogP contribution < -0.4 is 15.0 Å². The fourth-order valence-electron chi connectivity index (χ4n) is 4.10. The Balaban J connectivity index is 1.68. The molecule has 1 aliphatic heterocycles. The third-order valence-corrected chi connectivity index (χ3v) is 5.73. The molecule has 176 valence electrons. The highest BCUT2D eigenvalue weighted by molar-refractivity contribution is 5.89. The Hall–Kier alpha value is -3.33. The molecule has 1 atom stereocenters. The molecule has 1 amide bonds. The van der Waals surface area contributed by atoms with E-state index >= 15 is 0 Å². The maximum absolute atomic E-state index is 12.3. The number of hydrogen-bond acceptors (Lipinski definition) is 7. The van der Waals surface area contributed by atoms with E-state index in [1.54, 1.807) is 13.3 Å². The number of carbonyl (C=O) groups is 1. The van der Waals surface area contributed by atoms with Crippen LogP contribution in [0, 0.1) is 6.92 Å². The zero-order valence-corrected chi connectivity index (χ0v) is 19.6. The summed E-state index contributed by atoms with van der Waals surface area (Å²) in [6, 6.07) is 5.61. The van der Waals surface area contributed by atoms with Gasteiger partial charge < -0.3 is 19.1 Å². The molecule has 0 saturated carbocycles. The van der Waals surface area contributed by atoms with Crippen LogP contribution in [0.25, 0.3) is 16.8 Å². The van der Waals surface area contributed by atoms with Gasteiger partial charge >= 0.3 is 6.09 Å². The van der Waals surface area contributed by atoms with Crippen LogP contribution in [-0.2, 0) is 9.47 Å². The van der Waals surface area contributed by atoms with Gasteiger partial charge in [0, 0.05) is 31.0 Å². The van der Waals surface area contributed by atoms with E-state index in [-0.39, 0.29) is 6.10 Å². The van der Waals surface area contributed by atoms with E-state index < -0.39 is 6.09 Å². The van der Waals surface area contributed by atoms with Crippen LogP contribution in [0.1, 0.15) is 32.4 Å². The highest BCUT2D eigenvalue weighted by Crippen LogP contribution is 2.35. The first-order chi connectivity index (χ1) is 16.0. The van der Waals surface area contributed by atoms with Gasteiger partial charge in [-0.1, -0.05) is 19.4 Å². The average Bonchev–Trinajstić information content (AvgIpc) is 3.21. The zero-order chi connectivity index (χ0) is 23.4. The second kappa shape index (κ2) is 10.1. The predicted octanol–water partition coefficient (Wildman–Crippen LogP) is 4.29. The van der Waals surface area contributed by atoms with Gasteiger partial charge in [0.15, 0.2) is 0 Å². The highest BCUT2D eigenvalue weighted by atomic mass is 16.6. The quantitative estimate of drug-likeness (QED) is 0.571. The van der Waals surface area contributed by atoms with Crippen LogP contribution in [0.4, 0.5) is 16.4 Å². The normalized spacial score (nSPS) is 14.8. The number of nitrogens with one attached hydrogen (secondary N) is 1. The number of benzene rings is 1. The molecule has 1 aliphatic rings. The molecule has 0 spiro atoms. The Labute approximate surface area is 193 Å². The van der Waals surface area contributed by atoms with Crippen LogP contribution in [0.3, 0.4) is 0 Å². The number of anilines is 2. The minimum absolute atomic E-state index is 0.147. The van der Waals surface area contributed by atoms with Crippen molar-refractivity contribution in [3.63, 3.8) is 0 Å². The summed E-state index contributed by atoms with van der Waals surface area (Å²) in [7, 11) is 1.58. The van der Waals surface area contributed by atoms with E-state index in [1.165, 1.54) is 0 Å². The standard InChI is InChI=1S/C24H31N5O4/c1-5-6-16(2)33-24(30)26-19-8-7-18(15-20(19)31-4)21-22-17(3)25-9-10-29(22)23(27-21)28-11-13-32-14-12-28/h7-10,15-16H,5-6,11-14H2,1-4H3,(H,26,30)/t16-/m0/s1. The zero-order valence-electron chi connectivity index (χ0n) is 19.6. The fraction of sp³-hybridized carbons (Fsp3) is 0.458. The number of amides is 1. The van der Waals surface area contributed by atoms with Crippen LogP contribution in [0.5, 0.6) is 5.75 Å². The number of carbonyl (C=O) groups excluding carboxylic acids is 1. The molecular formula is C24H31N5O4. The highest BCUT2D eigenvalue weighted by Gasteiger charge is 2.22. The van der Waals surface area contributed by atoms with Crippen molar-refractivity contribution >= 4 is 23.2 Å². The van der Waals surface area contributed by atoms with E-state index in [4.69, 9.17) is 19.2 Å². The lowest BCUT2D eigenvalue weighted by Crippen LogP contribution is -2.37. The lowest BCUT2D eigenvalue weighted by Gasteiger charge is -2.27. The molecule has 9 heteroatoms. The molecule has 0 radical (unpaired) electrons. The number of rotatable bonds is 7. The van der Waals surface area contributed by atoms with Crippen molar-refractivity contribution in [3.8, 4) is 17.0 Å². The van der Waals surface area contributed by atoms with Gasteiger partial charge in [-0.15, -0.1) is 0 Å². The Morgan fingerprint density at radius 1 is 1.30 bits per heavy atom. The maximum atomic E-state index is 12.3. The van der Waals surface area contributed by atoms with Crippen LogP contribution in [0.2, 0.25) is 0 Å². The molecule has 1 N–H and O–H groups in total. The number of aryl methyl sites for hydroxylation is 1. The van der Waals surface area contributed by atoms with Crippen molar-refractivity contribution in [1.82, 2.24) is 14.4 Å². The molecule has 9 nitrogen and oxygen atoms in total. The molecule has 1 saturated heterocycles. The first-order valence-electron chi connectivity index (χ1n) is 11.3. The molecule has 0 aliphatic carbocycles. The van der Waals surface area contributed by atoms with Crippen molar-refractivity contribution in [2.45, 2.75) is 39.7 Å². The second-order valence-corrected chi connectivity index (χ2v) is 8.14. The van der Waals surface area contributed by atoms with Gasteiger partial charge in [0.1, 0.15) is 17.5 Å². The van der Waals surface area contributed by atoms with Gasteiger partial charge in [0.2, 0.25) is 5.95 Å². The molecule has 0 unspecified atom stereocenters. The Kier molecular flexibility index (Phi) is 6.98. The van der Waals surface area contributed by atoms with E-state index in [1.807, 2.05) is 38.2 Å². The summed E-state index contributed by atoms with van der Waals surface area (Å²) in [4.78, 5) is 24.0. The molecule has 33 heavy (non-hydrogen) atoms. The monoisotopic (exact) mass is 453 g/mol. The van der Waals surface area contributed by atoms with Crippen LogP contribution in [0.15, 0.2) is 30.6 Å².